The second-order valence-electron chi connectivity index (χ2n) is 7.83. The van der Waals surface area contributed by atoms with E-state index in [1.807, 2.05) is 25.1 Å². The summed E-state index contributed by atoms with van der Waals surface area (Å²) in [4.78, 5) is 27.8. The van der Waals surface area contributed by atoms with Crippen molar-refractivity contribution < 1.29 is 33.6 Å². The zero-order valence-corrected chi connectivity index (χ0v) is 20.0. The Labute approximate surface area is 199 Å². The van der Waals surface area contributed by atoms with Crippen LogP contribution < -0.4 is 14.2 Å². The standard InChI is InChI=1S/C26H31NO7/c1-5-13-34-19-9-6-8-17(15-19)23-22(25(29)26(30)27(23)12-7-14-31-2)24(28)20-16-18(32-3)10-11-21(20)33-4/h6,8-11,15-16,23,28H,5,7,12-14H2,1-4H3/b24-22+. The molecule has 182 valence electrons. The fourth-order valence-corrected chi connectivity index (χ4v) is 3.97. The van der Waals surface area contributed by atoms with Crippen LogP contribution in [0.3, 0.4) is 0 Å². The lowest BCUT2D eigenvalue weighted by Gasteiger charge is -2.25. The van der Waals surface area contributed by atoms with E-state index in [0.29, 0.717) is 42.4 Å². The minimum atomic E-state index is -0.794. The number of amides is 1. The van der Waals surface area contributed by atoms with Gasteiger partial charge in [-0.15, -0.1) is 0 Å². The molecule has 1 aliphatic rings. The van der Waals surface area contributed by atoms with E-state index in [4.69, 9.17) is 18.9 Å². The van der Waals surface area contributed by atoms with Gasteiger partial charge in [-0.25, -0.2) is 0 Å². The number of likely N-dealkylation sites (tertiary alicyclic amines) is 1. The number of benzene rings is 2. The predicted molar refractivity (Wildman–Crippen MR) is 127 cm³/mol. The molecule has 8 heteroatoms. The van der Waals surface area contributed by atoms with E-state index in [9.17, 15) is 14.7 Å². The van der Waals surface area contributed by atoms with Crippen molar-refractivity contribution >= 4 is 17.4 Å². The predicted octanol–water partition coefficient (Wildman–Crippen LogP) is 3.95. The molecule has 0 spiro atoms. The van der Waals surface area contributed by atoms with Crippen LogP contribution >= 0.6 is 0 Å². The molecule has 1 saturated heterocycles. The van der Waals surface area contributed by atoms with Gasteiger partial charge in [0.05, 0.1) is 38.0 Å². The number of nitrogens with zero attached hydrogens (tertiary/aromatic N) is 1. The number of rotatable bonds is 11. The molecular formula is C26H31NO7. The molecule has 0 saturated carbocycles. The van der Waals surface area contributed by atoms with Crippen LogP contribution in [0.25, 0.3) is 5.76 Å². The number of carbonyl (C=O) groups excluding carboxylic acids is 2. The molecule has 1 heterocycles. The van der Waals surface area contributed by atoms with E-state index in [-0.39, 0.29) is 23.4 Å². The van der Waals surface area contributed by atoms with Gasteiger partial charge in [0.15, 0.2) is 0 Å². The molecule has 34 heavy (non-hydrogen) atoms. The first kappa shape index (κ1) is 25.1. The first-order valence-corrected chi connectivity index (χ1v) is 11.2. The minimum absolute atomic E-state index is 0.0124. The smallest absolute Gasteiger partial charge is 0.295 e. The summed E-state index contributed by atoms with van der Waals surface area (Å²) < 4.78 is 21.6. The van der Waals surface area contributed by atoms with Crippen LogP contribution in [0.5, 0.6) is 17.2 Å². The summed E-state index contributed by atoms with van der Waals surface area (Å²) in [6.45, 7) is 3.27. The van der Waals surface area contributed by atoms with Gasteiger partial charge in [-0.1, -0.05) is 19.1 Å². The van der Waals surface area contributed by atoms with Crippen molar-refractivity contribution in [1.29, 1.82) is 0 Å². The number of aliphatic hydroxyl groups excluding tert-OH is 1. The molecule has 0 bridgehead atoms. The van der Waals surface area contributed by atoms with E-state index < -0.39 is 17.7 Å². The Kier molecular flexibility index (Phi) is 8.54. The Morgan fingerprint density at radius 3 is 2.47 bits per heavy atom. The molecule has 0 radical (unpaired) electrons. The summed E-state index contributed by atoms with van der Waals surface area (Å²) in [5, 5.41) is 11.4. The molecule has 1 aliphatic heterocycles. The van der Waals surface area contributed by atoms with E-state index >= 15 is 0 Å². The lowest BCUT2D eigenvalue weighted by Crippen LogP contribution is -2.31. The van der Waals surface area contributed by atoms with Crippen molar-refractivity contribution in [1.82, 2.24) is 4.90 Å². The van der Waals surface area contributed by atoms with Crippen LogP contribution in [0.4, 0.5) is 0 Å². The van der Waals surface area contributed by atoms with Gasteiger partial charge in [0.1, 0.15) is 23.0 Å². The van der Waals surface area contributed by atoms with Crippen molar-refractivity contribution in [2.45, 2.75) is 25.8 Å². The van der Waals surface area contributed by atoms with E-state index in [2.05, 4.69) is 0 Å². The summed E-state index contributed by atoms with van der Waals surface area (Å²) in [6.07, 6.45) is 1.38. The van der Waals surface area contributed by atoms with Crippen molar-refractivity contribution in [3.8, 4) is 17.2 Å². The Balaban J connectivity index is 2.17. The zero-order chi connectivity index (χ0) is 24.7. The van der Waals surface area contributed by atoms with Gasteiger partial charge in [-0.05, 0) is 48.7 Å². The average molecular weight is 470 g/mol. The second-order valence-corrected chi connectivity index (χ2v) is 7.83. The monoisotopic (exact) mass is 469 g/mol. The van der Waals surface area contributed by atoms with Gasteiger partial charge in [0, 0.05) is 20.3 Å². The van der Waals surface area contributed by atoms with Gasteiger partial charge in [0.2, 0.25) is 0 Å². The number of methoxy groups -OCH3 is 3. The second kappa shape index (κ2) is 11.6. The summed E-state index contributed by atoms with van der Waals surface area (Å²) in [5.74, 6) is -0.311. The fraction of sp³-hybridized carbons (Fsp3) is 0.385. The molecule has 1 amide bonds. The van der Waals surface area contributed by atoms with Gasteiger partial charge in [0.25, 0.3) is 11.7 Å². The highest BCUT2D eigenvalue weighted by atomic mass is 16.5. The van der Waals surface area contributed by atoms with Crippen LogP contribution in [-0.2, 0) is 14.3 Å². The maximum Gasteiger partial charge on any atom is 0.295 e. The van der Waals surface area contributed by atoms with Crippen LogP contribution in [0.15, 0.2) is 48.0 Å². The summed E-state index contributed by atoms with van der Waals surface area (Å²) in [7, 11) is 4.55. The SMILES string of the molecule is CCCOc1cccc(C2/C(=C(\O)c3cc(OC)ccc3OC)C(=O)C(=O)N2CCCOC)c1. The van der Waals surface area contributed by atoms with Crippen molar-refractivity contribution in [2.24, 2.45) is 0 Å². The Morgan fingerprint density at radius 2 is 1.79 bits per heavy atom. The third kappa shape index (κ3) is 5.17. The van der Waals surface area contributed by atoms with E-state index in [1.165, 1.54) is 19.1 Å². The van der Waals surface area contributed by atoms with E-state index in [0.717, 1.165) is 6.42 Å². The molecule has 8 nitrogen and oxygen atoms in total. The third-order valence-corrected chi connectivity index (χ3v) is 5.60. The average Bonchev–Trinajstić information content (AvgIpc) is 3.12. The van der Waals surface area contributed by atoms with Crippen LogP contribution in [-0.4, -0.2) is 62.8 Å². The highest BCUT2D eigenvalue weighted by Crippen LogP contribution is 2.42. The Morgan fingerprint density at radius 1 is 1.00 bits per heavy atom. The first-order chi connectivity index (χ1) is 16.5. The van der Waals surface area contributed by atoms with E-state index in [1.54, 1.807) is 31.4 Å². The molecule has 3 rings (SSSR count). The van der Waals surface area contributed by atoms with Crippen molar-refractivity contribution in [2.75, 3.05) is 41.1 Å². The molecule has 2 aromatic carbocycles. The summed E-state index contributed by atoms with van der Waals surface area (Å²) >= 11 is 0. The minimum Gasteiger partial charge on any atom is -0.507 e. The van der Waals surface area contributed by atoms with Crippen LogP contribution in [0, 0.1) is 0 Å². The quantitative estimate of drug-likeness (QED) is 0.230. The van der Waals surface area contributed by atoms with Gasteiger partial charge in [-0.3, -0.25) is 9.59 Å². The molecular weight excluding hydrogens is 438 g/mol. The maximum atomic E-state index is 13.2. The van der Waals surface area contributed by atoms with Crippen molar-refractivity contribution in [3.63, 3.8) is 0 Å². The third-order valence-electron chi connectivity index (χ3n) is 5.60. The van der Waals surface area contributed by atoms with Gasteiger partial charge >= 0.3 is 0 Å². The first-order valence-electron chi connectivity index (χ1n) is 11.2. The molecule has 1 unspecified atom stereocenters. The number of carbonyl (C=O) groups is 2. The molecule has 0 aromatic heterocycles. The van der Waals surface area contributed by atoms with Gasteiger partial charge < -0.3 is 29.0 Å². The van der Waals surface area contributed by atoms with Gasteiger partial charge in [-0.2, -0.15) is 0 Å². The number of hydrogen-bond donors (Lipinski definition) is 1. The number of ketones is 1. The molecule has 1 fully saturated rings. The highest BCUT2D eigenvalue weighted by Gasteiger charge is 2.46. The summed E-state index contributed by atoms with van der Waals surface area (Å²) in [6, 6.07) is 11.3. The fourth-order valence-electron chi connectivity index (χ4n) is 3.97. The normalized spacial score (nSPS) is 17.2. The zero-order valence-electron chi connectivity index (χ0n) is 20.0. The topological polar surface area (TPSA) is 94.5 Å². The molecule has 1 atom stereocenters. The lowest BCUT2D eigenvalue weighted by atomic mass is 9.94. The number of aliphatic hydroxyl groups is 1. The number of Topliss-reactive ketones (excluding diaryl/α,β-unsaturated/α-hetero) is 1. The van der Waals surface area contributed by atoms with Crippen molar-refractivity contribution in [3.05, 3.63) is 59.2 Å². The molecule has 2 aromatic rings. The molecule has 0 aliphatic carbocycles. The largest absolute Gasteiger partial charge is 0.507 e. The Bertz CT molecular complexity index is 1060. The lowest BCUT2D eigenvalue weighted by molar-refractivity contribution is -0.140. The number of hydrogen-bond acceptors (Lipinski definition) is 7. The number of ether oxygens (including phenoxy) is 4. The Hall–Kier alpha value is -3.52. The van der Waals surface area contributed by atoms with Crippen LogP contribution in [0.2, 0.25) is 0 Å². The maximum absolute atomic E-state index is 13.2. The highest BCUT2D eigenvalue weighted by molar-refractivity contribution is 6.46. The molecule has 1 N–H and O–H groups in total. The van der Waals surface area contributed by atoms with Crippen LogP contribution in [0.1, 0.15) is 36.9 Å². The summed E-state index contributed by atoms with van der Waals surface area (Å²) in [5.41, 5.74) is 0.912.